The number of nitrogen functional groups attached to an aromatic ring is 1. The summed E-state index contributed by atoms with van der Waals surface area (Å²) in [7, 11) is 0. The second kappa shape index (κ2) is 6.47. The van der Waals surface area contributed by atoms with Crippen LogP contribution in [0.25, 0.3) is 0 Å². The number of carbonyl (C=O) groups excluding carboxylic acids is 1. The number of rotatable bonds is 4. The second-order valence-electron chi connectivity index (χ2n) is 4.31. The molecule has 3 N–H and O–H groups in total. The van der Waals surface area contributed by atoms with Gasteiger partial charge in [-0.2, -0.15) is 0 Å². The number of aryl methyl sites for hydroxylation is 1. The Hall–Kier alpha value is -1.95. The molecule has 0 aliphatic carbocycles. The van der Waals surface area contributed by atoms with Crippen LogP contribution >= 0.6 is 15.9 Å². The lowest BCUT2D eigenvalue weighted by molar-refractivity contribution is 0.102. The van der Waals surface area contributed by atoms with Crippen molar-refractivity contribution >= 4 is 33.5 Å². The molecule has 0 fully saturated rings. The molecular formula is C14H15BrN4O. The van der Waals surface area contributed by atoms with Crippen LogP contribution in [0.15, 0.2) is 34.9 Å². The van der Waals surface area contributed by atoms with E-state index in [4.69, 9.17) is 5.73 Å². The number of anilines is 2. The number of hydrogen-bond donors (Lipinski definition) is 2. The molecule has 0 aliphatic heterocycles. The van der Waals surface area contributed by atoms with E-state index >= 15 is 0 Å². The van der Waals surface area contributed by atoms with E-state index < -0.39 is 0 Å². The molecule has 0 radical (unpaired) electrons. The number of amides is 1. The minimum absolute atomic E-state index is 0.254. The van der Waals surface area contributed by atoms with Crippen molar-refractivity contribution in [2.75, 3.05) is 11.1 Å². The summed E-state index contributed by atoms with van der Waals surface area (Å²) in [5.74, 6) is 0.571. The normalized spacial score (nSPS) is 10.3. The molecule has 0 saturated carbocycles. The van der Waals surface area contributed by atoms with Crippen molar-refractivity contribution in [3.05, 3.63) is 46.2 Å². The third kappa shape index (κ3) is 3.54. The number of nitrogens with two attached hydrogens (primary N) is 1. The molecule has 5 nitrogen and oxygen atoms in total. The minimum Gasteiger partial charge on any atom is -0.384 e. The summed E-state index contributed by atoms with van der Waals surface area (Å²) in [5, 5.41) is 2.74. The molecule has 0 bridgehead atoms. The molecule has 20 heavy (non-hydrogen) atoms. The smallest absolute Gasteiger partial charge is 0.257 e. The van der Waals surface area contributed by atoms with Gasteiger partial charge in [0.25, 0.3) is 5.91 Å². The lowest BCUT2D eigenvalue weighted by atomic mass is 10.1. The molecule has 0 atom stereocenters. The number of halogens is 1. The van der Waals surface area contributed by atoms with Gasteiger partial charge in [-0.15, -0.1) is 0 Å². The summed E-state index contributed by atoms with van der Waals surface area (Å²) in [4.78, 5) is 20.5. The van der Waals surface area contributed by atoms with E-state index in [2.05, 4.69) is 38.1 Å². The Morgan fingerprint density at radius 1 is 1.45 bits per heavy atom. The molecule has 2 aromatic heterocycles. The minimum atomic E-state index is -0.254. The number of nitrogens with zero attached hydrogens (tertiary/aromatic N) is 2. The first kappa shape index (κ1) is 14.5. The van der Waals surface area contributed by atoms with Gasteiger partial charge in [0.1, 0.15) is 11.6 Å². The van der Waals surface area contributed by atoms with Gasteiger partial charge in [-0.3, -0.25) is 4.79 Å². The lowest BCUT2D eigenvalue weighted by Crippen LogP contribution is -2.14. The Labute approximate surface area is 125 Å². The summed E-state index contributed by atoms with van der Waals surface area (Å²) in [6.07, 6.45) is 3.35. The van der Waals surface area contributed by atoms with E-state index in [1.807, 2.05) is 6.07 Å². The number of carbonyl (C=O) groups is 1. The summed E-state index contributed by atoms with van der Waals surface area (Å²) in [6, 6.07) is 6.91. The van der Waals surface area contributed by atoms with E-state index in [1.54, 1.807) is 24.4 Å². The summed E-state index contributed by atoms with van der Waals surface area (Å²) in [5.41, 5.74) is 7.04. The van der Waals surface area contributed by atoms with Crippen molar-refractivity contribution in [3.8, 4) is 0 Å². The highest BCUT2D eigenvalue weighted by molar-refractivity contribution is 9.10. The second-order valence-corrected chi connectivity index (χ2v) is 5.16. The average molecular weight is 335 g/mol. The Bertz CT molecular complexity index is 630. The maximum Gasteiger partial charge on any atom is 0.257 e. The van der Waals surface area contributed by atoms with Crippen molar-refractivity contribution in [1.82, 2.24) is 9.97 Å². The van der Waals surface area contributed by atoms with Crippen LogP contribution < -0.4 is 11.1 Å². The van der Waals surface area contributed by atoms with Gasteiger partial charge < -0.3 is 11.1 Å². The fourth-order valence-corrected chi connectivity index (χ4v) is 2.14. The zero-order chi connectivity index (χ0) is 14.5. The van der Waals surface area contributed by atoms with Gasteiger partial charge in [0.05, 0.1) is 4.47 Å². The standard InChI is InChI=1S/C14H15BrN4O/c1-2-4-10-7-9(8-12(16)18-10)14(20)19-13-11(15)5-3-6-17-13/h3,5-8H,2,4H2,1H3,(H2,16,18)(H,17,19,20). The molecule has 0 saturated heterocycles. The number of pyridine rings is 2. The van der Waals surface area contributed by atoms with E-state index in [-0.39, 0.29) is 5.91 Å². The Morgan fingerprint density at radius 2 is 2.25 bits per heavy atom. The molecule has 2 heterocycles. The molecule has 2 rings (SSSR count). The highest BCUT2D eigenvalue weighted by Gasteiger charge is 2.11. The quantitative estimate of drug-likeness (QED) is 0.900. The zero-order valence-electron chi connectivity index (χ0n) is 11.1. The Morgan fingerprint density at radius 3 is 2.95 bits per heavy atom. The molecule has 0 spiro atoms. The monoisotopic (exact) mass is 334 g/mol. The summed E-state index contributed by atoms with van der Waals surface area (Å²) < 4.78 is 0.726. The van der Waals surface area contributed by atoms with Gasteiger partial charge in [-0.25, -0.2) is 9.97 Å². The first-order chi connectivity index (χ1) is 9.60. The molecule has 0 aliphatic rings. The van der Waals surface area contributed by atoms with Crippen LogP contribution in [0.3, 0.4) is 0 Å². The van der Waals surface area contributed by atoms with E-state index in [1.165, 1.54) is 0 Å². The Balaban J connectivity index is 2.23. The zero-order valence-corrected chi connectivity index (χ0v) is 12.6. The third-order valence-corrected chi connectivity index (χ3v) is 3.30. The maximum atomic E-state index is 12.2. The van der Waals surface area contributed by atoms with E-state index in [9.17, 15) is 4.79 Å². The molecule has 0 aromatic carbocycles. The first-order valence-electron chi connectivity index (χ1n) is 6.28. The van der Waals surface area contributed by atoms with Gasteiger partial charge in [0, 0.05) is 17.5 Å². The first-order valence-corrected chi connectivity index (χ1v) is 7.07. The molecule has 1 amide bonds. The van der Waals surface area contributed by atoms with Crippen LogP contribution in [0.4, 0.5) is 11.6 Å². The fraction of sp³-hybridized carbons (Fsp3) is 0.214. The van der Waals surface area contributed by atoms with Gasteiger partial charge in [-0.1, -0.05) is 13.3 Å². The third-order valence-electron chi connectivity index (χ3n) is 2.66. The van der Waals surface area contributed by atoms with E-state index in [0.29, 0.717) is 17.2 Å². The number of hydrogen-bond acceptors (Lipinski definition) is 4. The van der Waals surface area contributed by atoms with Gasteiger partial charge >= 0.3 is 0 Å². The van der Waals surface area contributed by atoms with Crippen LogP contribution in [0.2, 0.25) is 0 Å². The van der Waals surface area contributed by atoms with E-state index in [0.717, 1.165) is 23.0 Å². The predicted molar refractivity (Wildman–Crippen MR) is 82.5 cm³/mol. The summed E-state index contributed by atoms with van der Waals surface area (Å²) >= 11 is 3.34. The summed E-state index contributed by atoms with van der Waals surface area (Å²) in [6.45, 7) is 2.05. The largest absolute Gasteiger partial charge is 0.384 e. The molecule has 0 unspecified atom stereocenters. The highest BCUT2D eigenvalue weighted by Crippen LogP contribution is 2.19. The molecule has 2 aromatic rings. The topological polar surface area (TPSA) is 80.9 Å². The van der Waals surface area contributed by atoms with Gasteiger partial charge in [0.15, 0.2) is 0 Å². The van der Waals surface area contributed by atoms with Gasteiger partial charge in [0.2, 0.25) is 0 Å². The van der Waals surface area contributed by atoms with Gasteiger partial charge in [-0.05, 0) is 46.6 Å². The van der Waals surface area contributed by atoms with Crippen LogP contribution in [0.1, 0.15) is 29.4 Å². The molecule has 6 heteroatoms. The average Bonchev–Trinajstić information content (AvgIpc) is 2.41. The number of nitrogens with one attached hydrogen (secondary N) is 1. The van der Waals surface area contributed by atoms with Crippen LogP contribution in [0.5, 0.6) is 0 Å². The van der Waals surface area contributed by atoms with Crippen LogP contribution in [0, 0.1) is 0 Å². The maximum absolute atomic E-state index is 12.2. The van der Waals surface area contributed by atoms with Crippen molar-refractivity contribution in [1.29, 1.82) is 0 Å². The molecule has 104 valence electrons. The van der Waals surface area contributed by atoms with Crippen LogP contribution in [-0.2, 0) is 6.42 Å². The SMILES string of the molecule is CCCc1cc(C(=O)Nc2ncccc2Br)cc(N)n1. The van der Waals surface area contributed by atoms with Crippen molar-refractivity contribution < 1.29 is 4.79 Å². The van der Waals surface area contributed by atoms with Crippen molar-refractivity contribution in [2.45, 2.75) is 19.8 Å². The Kier molecular flexibility index (Phi) is 4.68. The highest BCUT2D eigenvalue weighted by atomic mass is 79.9. The molecular weight excluding hydrogens is 320 g/mol. The van der Waals surface area contributed by atoms with Crippen LogP contribution in [-0.4, -0.2) is 15.9 Å². The lowest BCUT2D eigenvalue weighted by Gasteiger charge is -2.08. The fourth-order valence-electron chi connectivity index (χ4n) is 1.78. The predicted octanol–water partition coefficient (Wildman–Crippen LogP) is 3.03. The number of aromatic nitrogens is 2. The van der Waals surface area contributed by atoms with Crippen molar-refractivity contribution in [3.63, 3.8) is 0 Å². The van der Waals surface area contributed by atoms with Crippen molar-refractivity contribution in [2.24, 2.45) is 0 Å².